The Morgan fingerprint density at radius 3 is 2.80 bits per heavy atom. The lowest BCUT2D eigenvalue weighted by atomic mass is 10.1. The summed E-state index contributed by atoms with van der Waals surface area (Å²) in [5.41, 5.74) is 2.00. The highest BCUT2D eigenvalue weighted by Crippen LogP contribution is 2.23. The van der Waals surface area contributed by atoms with E-state index < -0.39 is 0 Å². The monoisotopic (exact) mass is 271 g/mol. The first-order valence-corrected chi connectivity index (χ1v) is 5.54. The number of halogens is 1. The molecule has 1 aromatic rings. The Hall–Kier alpha value is -0.870. The molecule has 0 saturated carbocycles. The third-order valence-corrected chi connectivity index (χ3v) is 2.65. The van der Waals surface area contributed by atoms with Crippen molar-refractivity contribution in [2.75, 3.05) is 19.0 Å². The number of hydrogen-bond donors (Lipinski definition) is 1. The van der Waals surface area contributed by atoms with Crippen LogP contribution < -0.4 is 5.32 Å². The molecule has 0 aliphatic carbocycles. The zero-order valence-corrected chi connectivity index (χ0v) is 10.4. The van der Waals surface area contributed by atoms with Gasteiger partial charge in [-0.3, -0.25) is 4.79 Å². The number of benzene rings is 1. The summed E-state index contributed by atoms with van der Waals surface area (Å²) in [6.45, 7) is 2.16. The van der Waals surface area contributed by atoms with E-state index in [1.54, 1.807) is 0 Å². The summed E-state index contributed by atoms with van der Waals surface area (Å²) in [7, 11) is 1.49. The van der Waals surface area contributed by atoms with Crippen molar-refractivity contribution >= 4 is 27.5 Å². The average Bonchev–Trinajstić information content (AvgIpc) is 2.21. The highest BCUT2D eigenvalue weighted by molar-refractivity contribution is 9.10. The van der Waals surface area contributed by atoms with Crippen LogP contribution in [0.5, 0.6) is 0 Å². The molecule has 0 aliphatic rings. The van der Waals surface area contributed by atoms with Crippen molar-refractivity contribution in [3.63, 3.8) is 0 Å². The molecule has 0 spiro atoms. The summed E-state index contributed by atoms with van der Waals surface area (Å²) in [6, 6.07) is 5.88. The fourth-order valence-corrected chi connectivity index (χ4v) is 1.72. The van der Waals surface area contributed by atoms with E-state index in [9.17, 15) is 4.79 Å². The van der Waals surface area contributed by atoms with Gasteiger partial charge in [0.25, 0.3) is 0 Å². The van der Waals surface area contributed by atoms with Crippen LogP contribution >= 0.6 is 15.9 Å². The van der Waals surface area contributed by atoms with Crippen LogP contribution in [0.3, 0.4) is 0 Å². The number of aryl methyl sites for hydroxylation is 1. The Bertz CT molecular complexity index is 352. The number of anilines is 1. The summed E-state index contributed by atoms with van der Waals surface area (Å²) >= 11 is 3.41. The van der Waals surface area contributed by atoms with Crippen molar-refractivity contribution < 1.29 is 9.53 Å². The first-order valence-electron chi connectivity index (χ1n) is 4.74. The van der Waals surface area contributed by atoms with Crippen molar-refractivity contribution in [1.82, 2.24) is 0 Å². The van der Waals surface area contributed by atoms with Crippen LogP contribution in [0.1, 0.15) is 12.5 Å². The molecule has 0 radical (unpaired) electrons. The minimum atomic E-state index is -0.151. The average molecular weight is 272 g/mol. The SMILES string of the molecule is CCc1ccc(NC(=O)COC)c(Br)c1. The van der Waals surface area contributed by atoms with Gasteiger partial charge in [-0.1, -0.05) is 13.0 Å². The number of nitrogens with one attached hydrogen (secondary N) is 1. The Balaban J connectivity index is 2.73. The van der Waals surface area contributed by atoms with Crippen LogP contribution in [0, 0.1) is 0 Å². The zero-order valence-electron chi connectivity index (χ0n) is 8.84. The van der Waals surface area contributed by atoms with Crippen molar-refractivity contribution in [3.8, 4) is 0 Å². The van der Waals surface area contributed by atoms with E-state index in [1.807, 2.05) is 18.2 Å². The standard InChI is InChI=1S/C11H14BrNO2/c1-3-8-4-5-10(9(12)6-8)13-11(14)7-15-2/h4-6H,3,7H2,1-2H3,(H,13,14). The fourth-order valence-electron chi connectivity index (χ4n) is 1.20. The second-order valence-electron chi connectivity index (χ2n) is 3.15. The van der Waals surface area contributed by atoms with Crippen molar-refractivity contribution in [3.05, 3.63) is 28.2 Å². The van der Waals surface area contributed by atoms with Gasteiger partial charge in [0.05, 0.1) is 5.69 Å². The molecule has 1 N–H and O–H groups in total. The summed E-state index contributed by atoms with van der Waals surface area (Å²) in [4.78, 5) is 11.3. The molecule has 4 heteroatoms. The van der Waals surface area contributed by atoms with E-state index in [1.165, 1.54) is 12.7 Å². The zero-order chi connectivity index (χ0) is 11.3. The van der Waals surface area contributed by atoms with Crippen LogP contribution in [0.2, 0.25) is 0 Å². The Labute approximate surface area is 97.9 Å². The maximum Gasteiger partial charge on any atom is 0.250 e. The lowest BCUT2D eigenvalue weighted by Gasteiger charge is -2.08. The van der Waals surface area contributed by atoms with Gasteiger partial charge >= 0.3 is 0 Å². The first-order chi connectivity index (χ1) is 7.17. The molecule has 1 rings (SSSR count). The lowest BCUT2D eigenvalue weighted by molar-refractivity contribution is -0.119. The topological polar surface area (TPSA) is 38.3 Å². The van der Waals surface area contributed by atoms with E-state index in [0.717, 1.165) is 16.6 Å². The Kier molecular flexibility index (Phi) is 4.78. The number of carbonyl (C=O) groups is 1. The molecule has 0 aliphatic heterocycles. The molecule has 15 heavy (non-hydrogen) atoms. The second kappa shape index (κ2) is 5.88. The third kappa shape index (κ3) is 3.64. The number of rotatable bonds is 4. The molecule has 3 nitrogen and oxygen atoms in total. The molecule has 0 unspecified atom stereocenters. The van der Waals surface area contributed by atoms with Gasteiger partial charge in [0.2, 0.25) is 5.91 Å². The molecule has 1 amide bonds. The van der Waals surface area contributed by atoms with Gasteiger partial charge in [0.1, 0.15) is 6.61 Å². The summed E-state index contributed by atoms with van der Waals surface area (Å²) in [5.74, 6) is -0.151. The number of amides is 1. The van der Waals surface area contributed by atoms with Crippen LogP contribution in [0.15, 0.2) is 22.7 Å². The minimum absolute atomic E-state index is 0.0714. The van der Waals surface area contributed by atoms with Crippen molar-refractivity contribution in [2.24, 2.45) is 0 Å². The van der Waals surface area contributed by atoms with Crippen LogP contribution in [-0.4, -0.2) is 19.6 Å². The molecular formula is C11H14BrNO2. The summed E-state index contributed by atoms with van der Waals surface area (Å²) in [6.07, 6.45) is 0.977. The van der Waals surface area contributed by atoms with E-state index >= 15 is 0 Å². The third-order valence-electron chi connectivity index (χ3n) is 1.99. The van der Waals surface area contributed by atoms with Gasteiger partial charge in [0.15, 0.2) is 0 Å². The smallest absolute Gasteiger partial charge is 0.250 e. The minimum Gasteiger partial charge on any atom is -0.375 e. The molecule has 0 bridgehead atoms. The largest absolute Gasteiger partial charge is 0.375 e. The summed E-state index contributed by atoms with van der Waals surface area (Å²) < 4.78 is 5.63. The van der Waals surface area contributed by atoms with E-state index in [2.05, 4.69) is 28.2 Å². The van der Waals surface area contributed by atoms with Crippen LogP contribution in [0.4, 0.5) is 5.69 Å². The Morgan fingerprint density at radius 2 is 2.27 bits per heavy atom. The van der Waals surface area contributed by atoms with Crippen molar-refractivity contribution in [2.45, 2.75) is 13.3 Å². The van der Waals surface area contributed by atoms with E-state index in [-0.39, 0.29) is 12.5 Å². The number of ether oxygens (including phenoxy) is 1. The van der Waals surface area contributed by atoms with Gasteiger partial charge < -0.3 is 10.1 Å². The normalized spacial score (nSPS) is 10.1. The maximum absolute atomic E-state index is 11.3. The van der Waals surface area contributed by atoms with Crippen LogP contribution in [-0.2, 0) is 16.0 Å². The molecular weight excluding hydrogens is 258 g/mol. The van der Waals surface area contributed by atoms with Gasteiger partial charge in [0, 0.05) is 11.6 Å². The molecule has 0 heterocycles. The fraction of sp³-hybridized carbons (Fsp3) is 0.364. The maximum atomic E-state index is 11.3. The van der Waals surface area contributed by atoms with E-state index in [0.29, 0.717) is 0 Å². The molecule has 0 saturated heterocycles. The lowest BCUT2D eigenvalue weighted by Crippen LogP contribution is -2.17. The van der Waals surface area contributed by atoms with Gasteiger partial charge in [-0.05, 0) is 40.0 Å². The highest BCUT2D eigenvalue weighted by Gasteiger charge is 2.05. The molecule has 0 fully saturated rings. The molecule has 82 valence electrons. The molecule has 1 aromatic carbocycles. The quantitative estimate of drug-likeness (QED) is 0.914. The predicted octanol–water partition coefficient (Wildman–Crippen LogP) is 2.60. The van der Waals surface area contributed by atoms with Gasteiger partial charge in [-0.25, -0.2) is 0 Å². The van der Waals surface area contributed by atoms with Gasteiger partial charge in [-0.2, -0.15) is 0 Å². The van der Waals surface area contributed by atoms with E-state index in [4.69, 9.17) is 4.74 Å². The molecule has 0 aromatic heterocycles. The van der Waals surface area contributed by atoms with Crippen LogP contribution in [0.25, 0.3) is 0 Å². The Morgan fingerprint density at radius 1 is 1.53 bits per heavy atom. The summed E-state index contributed by atoms with van der Waals surface area (Å²) in [5, 5.41) is 2.75. The number of hydrogen-bond acceptors (Lipinski definition) is 2. The highest BCUT2D eigenvalue weighted by atomic mass is 79.9. The van der Waals surface area contributed by atoms with Crippen molar-refractivity contribution in [1.29, 1.82) is 0 Å². The first kappa shape index (κ1) is 12.2. The molecule has 0 atom stereocenters. The number of carbonyl (C=O) groups excluding carboxylic acids is 1. The second-order valence-corrected chi connectivity index (χ2v) is 4.00. The van der Waals surface area contributed by atoms with Gasteiger partial charge in [-0.15, -0.1) is 0 Å². The number of methoxy groups -OCH3 is 1. The predicted molar refractivity (Wildman–Crippen MR) is 64.0 cm³/mol.